The largest absolute Gasteiger partial charge is 0.309 e. The van der Waals surface area contributed by atoms with Gasteiger partial charge in [-0.3, -0.25) is 14.6 Å². The zero-order chi connectivity index (χ0) is 30.4. The Morgan fingerprint density at radius 3 is 1.87 bits per heavy atom. The van der Waals surface area contributed by atoms with Crippen molar-refractivity contribution in [1.82, 2.24) is 14.1 Å². The molecule has 5 aromatic carbocycles. The van der Waals surface area contributed by atoms with Gasteiger partial charge in [0.15, 0.2) is 0 Å². The first-order valence-corrected chi connectivity index (χ1v) is 18.1. The van der Waals surface area contributed by atoms with E-state index in [2.05, 4.69) is 71.2 Å². The van der Waals surface area contributed by atoms with Gasteiger partial charge in [-0.2, -0.15) is 0 Å². The molecule has 4 heterocycles. The summed E-state index contributed by atoms with van der Waals surface area (Å²) < 4.78 is 3.53. The number of nitrogens with zero attached hydrogens (tertiary/aromatic N) is 3. The van der Waals surface area contributed by atoms with Crippen LogP contribution in [0.4, 0.5) is 0 Å². The second-order valence-corrected chi connectivity index (χ2v) is 16.7. The molecule has 0 unspecified atom stereocenters. The smallest absolute Gasteiger partial charge is 0.266 e. The van der Waals surface area contributed by atoms with E-state index in [0.29, 0.717) is 16.5 Å². The lowest BCUT2D eigenvalue weighted by Gasteiger charge is -2.18. The summed E-state index contributed by atoms with van der Waals surface area (Å²) in [7, 11) is -2.06. The Kier molecular flexibility index (Phi) is 5.29. The Labute approximate surface area is 259 Å². The van der Waals surface area contributed by atoms with Gasteiger partial charge in [0.1, 0.15) is 8.07 Å². The summed E-state index contributed by atoms with van der Waals surface area (Å²) >= 11 is 0. The molecule has 6 heteroatoms. The zero-order valence-electron chi connectivity index (χ0n) is 24.8. The lowest BCUT2D eigenvalue weighted by Crippen LogP contribution is -2.49. The quantitative estimate of drug-likeness (QED) is 0.206. The second-order valence-electron chi connectivity index (χ2n) is 12.4. The van der Waals surface area contributed by atoms with Gasteiger partial charge >= 0.3 is 0 Å². The molecule has 0 atom stereocenters. The van der Waals surface area contributed by atoms with Gasteiger partial charge in [-0.25, -0.2) is 4.57 Å². The maximum Gasteiger partial charge on any atom is 0.266 e. The van der Waals surface area contributed by atoms with E-state index >= 15 is 0 Å². The molecule has 0 bridgehead atoms. The minimum absolute atomic E-state index is 0.314. The predicted octanol–water partition coefficient (Wildman–Crippen LogP) is 6.80. The summed E-state index contributed by atoms with van der Waals surface area (Å²) in [6.45, 7) is 4.74. The van der Waals surface area contributed by atoms with Crippen LogP contribution in [0, 0.1) is 0 Å². The average molecular weight is 598 g/mol. The third kappa shape index (κ3) is 3.51. The summed E-state index contributed by atoms with van der Waals surface area (Å²) in [5, 5.41) is 7.25. The van der Waals surface area contributed by atoms with Crippen molar-refractivity contribution in [2.75, 3.05) is 0 Å². The number of benzene rings is 5. The first-order chi connectivity index (χ1) is 21.9. The monoisotopic (exact) mass is 597 g/mol. The van der Waals surface area contributed by atoms with Gasteiger partial charge in [-0.15, -0.1) is 0 Å². The number of rotatable bonds is 2. The van der Waals surface area contributed by atoms with E-state index in [-0.39, 0.29) is 11.1 Å². The van der Waals surface area contributed by atoms with Crippen molar-refractivity contribution in [3.63, 3.8) is 0 Å². The Hall–Kier alpha value is -5.59. The molecule has 0 amide bonds. The molecule has 9 rings (SSSR count). The Morgan fingerprint density at radius 2 is 1.13 bits per heavy atom. The molecule has 0 radical (unpaired) electrons. The fraction of sp³-hybridized carbons (Fsp3) is 0.0513. The summed E-state index contributed by atoms with van der Waals surface area (Å²) in [5.41, 5.74) is 5.08. The second kappa shape index (κ2) is 9.21. The van der Waals surface area contributed by atoms with Gasteiger partial charge in [0, 0.05) is 34.2 Å². The van der Waals surface area contributed by atoms with Crippen LogP contribution in [0.15, 0.2) is 137 Å². The molecule has 214 valence electrons. The normalized spacial score (nSPS) is 13.5. The van der Waals surface area contributed by atoms with E-state index in [9.17, 15) is 9.59 Å². The van der Waals surface area contributed by atoms with Crippen LogP contribution in [-0.2, 0) is 0 Å². The van der Waals surface area contributed by atoms with Crippen molar-refractivity contribution in [1.29, 1.82) is 0 Å². The maximum atomic E-state index is 14.7. The molecule has 0 fully saturated rings. The van der Waals surface area contributed by atoms with Crippen LogP contribution in [-0.4, -0.2) is 22.2 Å². The van der Waals surface area contributed by atoms with Crippen molar-refractivity contribution < 1.29 is 0 Å². The molecule has 0 saturated carbocycles. The number of hydrogen-bond acceptors (Lipinski definition) is 3. The number of fused-ring (bicyclic) bond motifs is 9. The lowest BCUT2D eigenvalue weighted by atomic mass is 9.99. The number of para-hydroxylation sites is 2. The van der Waals surface area contributed by atoms with Crippen LogP contribution in [0.25, 0.3) is 65.9 Å². The maximum absolute atomic E-state index is 14.7. The summed E-state index contributed by atoms with van der Waals surface area (Å²) in [5.74, 6) is 0. The molecule has 45 heavy (non-hydrogen) atoms. The topological polar surface area (TPSA) is 56.9 Å². The summed E-state index contributed by atoms with van der Waals surface area (Å²) in [6, 6.07) is 38.3. The van der Waals surface area contributed by atoms with Crippen LogP contribution in [0.3, 0.4) is 0 Å². The fourth-order valence-electron chi connectivity index (χ4n) is 7.46. The van der Waals surface area contributed by atoms with E-state index in [1.807, 2.05) is 72.9 Å². The highest BCUT2D eigenvalue weighted by molar-refractivity contribution is 7.04. The highest BCUT2D eigenvalue weighted by atomic mass is 28.3. The van der Waals surface area contributed by atoms with Gasteiger partial charge < -0.3 is 4.57 Å². The van der Waals surface area contributed by atoms with Gasteiger partial charge in [-0.05, 0) is 80.8 Å². The van der Waals surface area contributed by atoms with Crippen molar-refractivity contribution in [3.8, 4) is 22.5 Å². The van der Waals surface area contributed by atoms with E-state index in [1.54, 1.807) is 6.20 Å². The highest BCUT2D eigenvalue weighted by Gasteiger charge is 2.37. The first-order valence-electron chi connectivity index (χ1n) is 15.1. The van der Waals surface area contributed by atoms with Gasteiger partial charge in [0.2, 0.25) is 0 Å². The Balaban J connectivity index is 1.53. The van der Waals surface area contributed by atoms with E-state index in [4.69, 9.17) is 0 Å². The van der Waals surface area contributed by atoms with Gasteiger partial charge in [-0.1, -0.05) is 79.8 Å². The average Bonchev–Trinajstić information content (AvgIpc) is 3.49. The predicted molar refractivity (Wildman–Crippen MR) is 188 cm³/mol. The van der Waals surface area contributed by atoms with Crippen LogP contribution in [0.5, 0.6) is 0 Å². The molecule has 3 aromatic heterocycles. The minimum atomic E-state index is -2.06. The first kappa shape index (κ1) is 25.9. The lowest BCUT2D eigenvalue weighted by molar-refractivity contribution is 0.976. The van der Waals surface area contributed by atoms with E-state index in [0.717, 1.165) is 43.8 Å². The molecule has 0 N–H and O–H groups in total. The third-order valence-electron chi connectivity index (χ3n) is 9.61. The molecule has 0 saturated heterocycles. The molecule has 0 aliphatic carbocycles. The molecule has 0 spiro atoms. The molecule has 1 aliphatic rings. The molecule has 5 nitrogen and oxygen atoms in total. The van der Waals surface area contributed by atoms with Crippen molar-refractivity contribution in [2.24, 2.45) is 0 Å². The SMILES string of the molecule is C[Si]1(C)c2ccccc2-c2cc3c(=O)n(-c4ccccc4)c(=O)c4cc5c(cc4c3cc21)c1cnccc1n5-c1ccccc1. The Bertz CT molecular complexity index is 2660. The standard InChI is InChI=1S/C39H27N3O2Si/c1-45(2)36-16-10-9-15-26(36)30-20-31-28(22-37(30)45)27-19-29-33-23-40-18-17-34(33)41(24-11-5-3-6-12-24)35(29)21-32(27)39(44)42(38(31)43)25-13-7-4-8-14-25/h3-23H,1-2H3. The minimum Gasteiger partial charge on any atom is -0.309 e. The number of pyridine rings is 1. The molecular weight excluding hydrogens is 571 g/mol. The van der Waals surface area contributed by atoms with Crippen LogP contribution >= 0.6 is 0 Å². The van der Waals surface area contributed by atoms with Crippen LogP contribution < -0.4 is 21.5 Å². The summed E-state index contributed by atoms with van der Waals surface area (Å²) in [4.78, 5) is 33.8. The highest BCUT2D eigenvalue weighted by Crippen LogP contribution is 2.37. The molecule has 1 aliphatic heterocycles. The molecular formula is C39H27N3O2Si. The zero-order valence-corrected chi connectivity index (χ0v) is 25.8. The van der Waals surface area contributed by atoms with E-state index in [1.165, 1.54) is 20.5 Å². The van der Waals surface area contributed by atoms with Crippen molar-refractivity contribution in [2.45, 2.75) is 13.1 Å². The van der Waals surface area contributed by atoms with E-state index < -0.39 is 8.07 Å². The Morgan fingerprint density at radius 1 is 0.511 bits per heavy atom. The number of aromatic nitrogens is 3. The fourth-order valence-corrected chi connectivity index (χ4v) is 10.5. The number of hydrogen-bond donors (Lipinski definition) is 0. The third-order valence-corrected chi connectivity index (χ3v) is 13.2. The van der Waals surface area contributed by atoms with Crippen LogP contribution in [0.1, 0.15) is 0 Å². The van der Waals surface area contributed by atoms with Gasteiger partial charge in [0.05, 0.1) is 22.1 Å². The molecule has 8 aromatic rings. The van der Waals surface area contributed by atoms with Crippen molar-refractivity contribution >= 4 is 61.8 Å². The van der Waals surface area contributed by atoms with Crippen molar-refractivity contribution in [3.05, 3.63) is 148 Å². The summed E-state index contributed by atoms with van der Waals surface area (Å²) in [6.07, 6.45) is 3.69. The van der Waals surface area contributed by atoms with Crippen LogP contribution in [0.2, 0.25) is 13.1 Å². The van der Waals surface area contributed by atoms with Gasteiger partial charge in [0.25, 0.3) is 11.1 Å².